The van der Waals surface area contributed by atoms with Crippen molar-refractivity contribution in [1.82, 2.24) is 10.3 Å². The maximum Gasteiger partial charge on any atom is 0.0399 e. The molecule has 0 amide bonds. The first-order valence-corrected chi connectivity index (χ1v) is 6.16. The average molecular weight is 217 g/mol. The summed E-state index contributed by atoms with van der Waals surface area (Å²) in [6.07, 6.45) is 4.59. The van der Waals surface area contributed by atoms with E-state index < -0.39 is 0 Å². The number of hydrogen-bond donors (Lipinski definition) is 1. The lowest BCUT2D eigenvalue weighted by atomic mass is 9.86. The highest BCUT2D eigenvalue weighted by atomic mass is 15.2. The van der Waals surface area contributed by atoms with Crippen molar-refractivity contribution >= 4 is 5.69 Å². The van der Waals surface area contributed by atoms with Crippen LogP contribution in [0.5, 0.6) is 0 Å². The van der Waals surface area contributed by atoms with Crippen molar-refractivity contribution in [2.45, 2.75) is 19.8 Å². The van der Waals surface area contributed by atoms with Gasteiger partial charge in [-0.25, -0.2) is 0 Å². The Labute approximate surface area is 96.9 Å². The Morgan fingerprint density at radius 2 is 2.38 bits per heavy atom. The summed E-state index contributed by atoms with van der Waals surface area (Å²) >= 11 is 0. The molecule has 16 heavy (non-hydrogen) atoms. The zero-order chi connectivity index (χ0) is 11.0. The van der Waals surface area contributed by atoms with E-state index in [1.807, 2.05) is 6.20 Å². The minimum absolute atomic E-state index is 0.553. The Kier molecular flexibility index (Phi) is 2.36. The smallest absolute Gasteiger partial charge is 0.0399 e. The van der Waals surface area contributed by atoms with Crippen LogP contribution in [-0.4, -0.2) is 31.2 Å². The van der Waals surface area contributed by atoms with Gasteiger partial charge in [0.2, 0.25) is 0 Å². The van der Waals surface area contributed by atoms with E-state index in [4.69, 9.17) is 0 Å². The van der Waals surface area contributed by atoms with Crippen molar-refractivity contribution in [3.05, 3.63) is 24.0 Å². The second-order valence-electron chi connectivity index (χ2n) is 5.25. The normalized spacial score (nSPS) is 29.2. The summed E-state index contributed by atoms with van der Waals surface area (Å²) in [7, 11) is 0. The average Bonchev–Trinajstić information content (AvgIpc) is 2.90. The predicted molar refractivity (Wildman–Crippen MR) is 65.7 cm³/mol. The third-order valence-electron chi connectivity index (χ3n) is 4.02. The fraction of sp³-hybridized carbons (Fsp3) is 0.615. The quantitative estimate of drug-likeness (QED) is 0.774. The van der Waals surface area contributed by atoms with Crippen molar-refractivity contribution in [2.24, 2.45) is 5.41 Å². The van der Waals surface area contributed by atoms with Gasteiger partial charge in [-0.05, 0) is 38.4 Å². The molecule has 3 rings (SSSR count). The second kappa shape index (κ2) is 3.74. The van der Waals surface area contributed by atoms with E-state index >= 15 is 0 Å². The Morgan fingerprint density at radius 1 is 1.44 bits per heavy atom. The molecule has 2 aliphatic rings. The zero-order valence-electron chi connectivity index (χ0n) is 9.87. The molecule has 0 saturated carbocycles. The summed E-state index contributed by atoms with van der Waals surface area (Å²) in [6.45, 7) is 6.87. The number of nitrogens with zero attached hydrogens (tertiary/aromatic N) is 2. The van der Waals surface area contributed by atoms with Gasteiger partial charge in [0.05, 0.1) is 0 Å². The van der Waals surface area contributed by atoms with Crippen LogP contribution < -0.4 is 10.2 Å². The molecule has 1 atom stereocenters. The molecule has 2 fully saturated rings. The molecule has 2 aliphatic heterocycles. The first-order chi connectivity index (χ1) is 7.77. The summed E-state index contributed by atoms with van der Waals surface area (Å²) in [5, 5.41) is 3.50. The zero-order valence-corrected chi connectivity index (χ0v) is 9.87. The molecule has 0 aromatic carbocycles. The molecule has 0 radical (unpaired) electrons. The maximum atomic E-state index is 4.26. The molecule has 1 spiro atoms. The molecular weight excluding hydrogens is 198 g/mol. The minimum atomic E-state index is 0.553. The van der Waals surface area contributed by atoms with Gasteiger partial charge >= 0.3 is 0 Å². The van der Waals surface area contributed by atoms with Gasteiger partial charge in [0.15, 0.2) is 0 Å². The SMILES string of the molecule is Cc1cc(N2CCC3(CCNC3)C2)ccn1. The molecule has 1 unspecified atom stereocenters. The van der Waals surface area contributed by atoms with Crippen molar-refractivity contribution in [2.75, 3.05) is 31.1 Å². The van der Waals surface area contributed by atoms with Crippen molar-refractivity contribution in [1.29, 1.82) is 0 Å². The van der Waals surface area contributed by atoms with Gasteiger partial charge in [0.25, 0.3) is 0 Å². The fourth-order valence-corrected chi connectivity index (χ4v) is 3.03. The lowest BCUT2D eigenvalue weighted by Crippen LogP contribution is -2.29. The standard InChI is InChI=1S/C13H19N3/c1-11-8-12(2-5-15-11)16-7-4-13(10-16)3-6-14-9-13/h2,5,8,14H,3-4,6-7,9-10H2,1H3. The molecule has 2 saturated heterocycles. The van der Waals surface area contributed by atoms with E-state index in [0.717, 1.165) is 5.69 Å². The van der Waals surface area contributed by atoms with Gasteiger partial charge in [-0.2, -0.15) is 0 Å². The second-order valence-corrected chi connectivity index (χ2v) is 5.25. The van der Waals surface area contributed by atoms with E-state index in [1.165, 1.54) is 44.7 Å². The van der Waals surface area contributed by atoms with Crippen LogP contribution in [0.15, 0.2) is 18.3 Å². The van der Waals surface area contributed by atoms with Gasteiger partial charge in [-0.15, -0.1) is 0 Å². The predicted octanol–water partition coefficient (Wildman–Crippen LogP) is 1.58. The number of pyridine rings is 1. The summed E-state index contributed by atoms with van der Waals surface area (Å²) in [5.74, 6) is 0. The number of nitrogens with one attached hydrogen (secondary N) is 1. The van der Waals surface area contributed by atoms with Gasteiger partial charge < -0.3 is 10.2 Å². The Morgan fingerprint density at radius 3 is 3.12 bits per heavy atom. The minimum Gasteiger partial charge on any atom is -0.371 e. The Bertz CT molecular complexity index is 383. The molecule has 1 aromatic heterocycles. The third-order valence-corrected chi connectivity index (χ3v) is 4.02. The van der Waals surface area contributed by atoms with Crippen LogP contribution in [0.1, 0.15) is 18.5 Å². The van der Waals surface area contributed by atoms with E-state index in [0.29, 0.717) is 5.41 Å². The lowest BCUT2D eigenvalue weighted by Gasteiger charge is -2.24. The number of anilines is 1. The first kappa shape index (κ1) is 10.1. The first-order valence-electron chi connectivity index (χ1n) is 6.16. The van der Waals surface area contributed by atoms with E-state index in [9.17, 15) is 0 Å². The van der Waals surface area contributed by atoms with Gasteiger partial charge in [0, 0.05) is 42.6 Å². The van der Waals surface area contributed by atoms with Gasteiger partial charge in [0.1, 0.15) is 0 Å². The van der Waals surface area contributed by atoms with Gasteiger partial charge in [-0.3, -0.25) is 4.98 Å². The van der Waals surface area contributed by atoms with Crippen molar-refractivity contribution in [3.8, 4) is 0 Å². The van der Waals surface area contributed by atoms with Crippen LogP contribution in [0.3, 0.4) is 0 Å². The number of rotatable bonds is 1. The highest BCUT2D eigenvalue weighted by Gasteiger charge is 2.40. The number of aromatic nitrogens is 1. The highest BCUT2D eigenvalue weighted by Crippen LogP contribution is 2.37. The lowest BCUT2D eigenvalue weighted by molar-refractivity contribution is 0.369. The van der Waals surface area contributed by atoms with E-state index in [1.54, 1.807) is 0 Å². The molecule has 3 heterocycles. The maximum absolute atomic E-state index is 4.26. The van der Waals surface area contributed by atoms with Gasteiger partial charge in [-0.1, -0.05) is 0 Å². The van der Waals surface area contributed by atoms with Crippen LogP contribution in [0.4, 0.5) is 5.69 Å². The van der Waals surface area contributed by atoms with Crippen LogP contribution >= 0.6 is 0 Å². The van der Waals surface area contributed by atoms with E-state index in [-0.39, 0.29) is 0 Å². The topological polar surface area (TPSA) is 28.2 Å². The van der Waals surface area contributed by atoms with E-state index in [2.05, 4.69) is 34.3 Å². The summed E-state index contributed by atoms with van der Waals surface area (Å²) in [4.78, 5) is 6.78. The number of aryl methyl sites for hydroxylation is 1. The highest BCUT2D eigenvalue weighted by molar-refractivity contribution is 5.48. The van der Waals surface area contributed by atoms with Crippen LogP contribution in [0.2, 0.25) is 0 Å². The van der Waals surface area contributed by atoms with Crippen molar-refractivity contribution in [3.63, 3.8) is 0 Å². The molecule has 0 bridgehead atoms. The monoisotopic (exact) mass is 217 g/mol. The van der Waals surface area contributed by atoms with Crippen LogP contribution in [0, 0.1) is 12.3 Å². The van der Waals surface area contributed by atoms with Crippen LogP contribution in [-0.2, 0) is 0 Å². The molecule has 3 heteroatoms. The largest absolute Gasteiger partial charge is 0.371 e. The molecular formula is C13H19N3. The van der Waals surface area contributed by atoms with Crippen LogP contribution in [0.25, 0.3) is 0 Å². The van der Waals surface area contributed by atoms with Crippen molar-refractivity contribution < 1.29 is 0 Å². The summed E-state index contributed by atoms with van der Waals surface area (Å²) < 4.78 is 0. The Balaban J connectivity index is 1.78. The Hall–Kier alpha value is -1.09. The third kappa shape index (κ3) is 1.69. The summed E-state index contributed by atoms with van der Waals surface area (Å²) in [6, 6.07) is 4.33. The molecule has 0 aliphatic carbocycles. The number of hydrogen-bond acceptors (Lipinski definition) is 3. The molecule has 1 aromatic rings. The summed E-state index contributed by atoms with van der Waals surface area (Å²) in [5.41, 5.74) is 3.01. The molecule has 1 N–H and O–H groups in total. The molecule has 86 valence electrons. The molecule has 3 nitrogen and oxygen atoms in total. The fourth-order valence-electron chi connectivity index (χ4n) is 3.03.